The molecule has 0 N–H and O–H groups in total. The molecule has 5 rings (SSSR count). The summed E-state index contributed by atoms with van der Waals surface area (Å²) < 4.78 is 1.45. The molecule has 1 amide bonds. The van der Waals surface area contributed by atoms with Crippen molar-refractivity contribution in [1.82, 2.24) is 24.6 Å². The highest BCUT2D eigenvalue weighted by Gasteiger charge is 2.26. The van der Waals surface area contributed by atoms with Crippen LogP contribution in [-0.2, 0) is 13.1 Å². The first-order valence-corrected chi connectivity index (χ1v) is 12.9. The van der Waals surface area contributed by atoms with E-state index in [1.807, 2.05) is 55.1 Å². The molecule has 1 saturated heterocycles. The van der Waals surface area contributed by atoms with Crippen molar-refractivity contribution in [3.63, 3.8) is 0 Å². The van der Waals surface area contributed by atoms with Gasteiger partial charge in [-0.3, -0.25) is 14.5 Å². The highest BCUT2D eigenvalue weighted by Crippen LogP contribution is 2.24. The summed E-state index contributed by atoms with van der Waals surface area (Å²) in [5.41, 5.74) is 2.41. The van der Waals surface area contributed by atoms with Crippen LogP contribution in [0.3, 0.4) is 0 Å². The number of hydrogen-bond donors (Lipinski definition) is 0. The van der Waals surface area contributed by atoms with Crippen molar-refractivity contribution in [2.75, 3.05) is 26.2 Å². The topological polar surface area (TPSA) is 71.3 Å². The SMILES string of the molecule is CC(C)Cn1nc(C(=O)N2CCN(Cc3csc(-c4ccccc4)n3)CC2)c2ccccc2c1=O. The summed E-state index contributed by atoms with van der Waals surface area (Å²) in [6.45, 7) is 8.11. The Morgan fingerprint density at radius 3 is 2.37 bits per heavy atom. The third kappa shape index (κ3) is 5.04. The number of piperazine rings is 1. The van der Waals surface area contributed by atoms with Crippen LogP contribution in [0, 0.1) is 5.92 Å². The minimum absolute atomic E-state index is 0.113. The summed E-state index contributed by atoms with van der Waals surface area (Å²) in [5.74, 6) is 0.138. The van der Waals surface area contributed by atoms with Gasteiger partial charge in [0.1, 0.15) is 5.01 Å². The first-order chi connectivity index (χ1) is 17.0. The van der Waals surface area contributed by atoms with Gasteiger partial charge in [0, 0.05) is 55.6 Å². The number of fused-ring (bicyclic) bond motifs is 1. The van der Waals surface area contributed by atoms with Gasteiger partial charge < -0.3 is 4.90 Å². The van der Waals surface area contributed by atoms with Crippen molar-refractivity contribution in [1.29, 1.82) is 0 Å². The number of benzene rings is 2. The smallest absolute Gasteiger partial charge is 0.275 e. The van der Waals surface area contributed by atoms with Crippen molar-refractivity contribution in [3.05, 3.63) is 81.7 Å². The van der Waals surface area contributed by atoms with Gasteiger partial charge in [-0.1, -0.05) is 62.4 Å². The summed E-state index contributed by atoms with van der Waals surface area (Å²) >= 11 is 1.66. The Morgan fingerprint density at radius 2 is 1.66 bits per heavy atom. The minimum Gasteiger partial charge on any atom is -0.335 e. The molecular weight excluding hydrogens is 458 g/mol. The van der Waals surface area contributed by atoms with Gasteiger partial charge in [-0.15, -0.1) is 11.3 Å². The molecule has 0 radical (unpaired) electrons. The lowest BCUT2D eigenvalue weighted by Gasteiger charge is -2.34. The molecule has 0 bridgehead atoms. The van der Waals surface area contributed by atoms with Crippen molar-refractivity contribution < 1.29 is 4.79 Å². The van der Waals surface area contributed by atoms with Gasteiger partial charge in [-0.05, 0) is 12.0 Å². The minimum atomic E-state index is -0.145. The first-order valence-electron chi connectivity index (χ1n) is 12.0. The van der Waals surface area contributed by atoms with E-state index in [0.717, 1.165) is 35.9 Å². The first kappa shape index (κ1) is 23.4. The van der Waals surface area contributed by atoms with Crippen LogP contribution in [0.25, 0.3) is 21.3 Å². The Bertz CT molecular complexity index is 1390. The Morgan fingerprint density at radius 1 is 0.971 bits per heavy atom. The molecule has 2 aromatic heterocycles. The molecule has 0 saturated carbocycles. The number of hydrogen-bond acceptors (Lipinski definition) is 6. The zero-order valence-corrected chi connectivity index (χ0v) is 20.9. The number of amides is 1. The van der Waals surface area contributed by atoms with Gasteiger partial charge in [0.15, 0.2) is 5.69 Å². The molecule has 1 fully saturated rings. The Balaban J connectivity index is 1.29. The zero-order chi connectivity index (χ0) is 24.4. The maximum absolute atomic E-state index is 13.5. The van der Waals surface area contributed by atoms with E-state index < -0.39 is 0 Å². The molecule has 7 nitrogen and oxygen atoms in total. The normalized spacial score (nSPS) is 14.7. The van der Waals surface area contributed by atoms with Crippen LogP contribution in [0.1, 0.15) is 30.0 Å². The van der Waals surface area contributed by atoms with Crippen LogP contribution >= 0.6 is 11.3 Å². The van der Waals surface area contributed by atoms with E-state index in [1.54, 1.807) is 17.4 Å². The molecule has 180 valence electrons. The highest BCUT2D eigenvalue weighted by molar-refractivity contribution is 7.13. The van der Waals surface area contributed by atoms with Gasteiger partial charge in [0.2, 0.25) is 0 Å². The molecule has 4 aromatic rings. The van der Waals surface area contributed by atoms with Crippen LogP contribution in [-0.4, -0.2) is 56.7 Å². The Hall–Kier alpha value is -3.36. The second-order valence-corrected chi connectivity index (χ2v) is 10.2. The summed E-state index contributed by atoms with van der Waals surface area (Å²) in [5, 5.41) is 8.85. The second-order valence-electron chi connectivity index (χ2n) is 9.35. The molecule has 2 aromatic carbocycles. The molecule has 0 unspecified atom stereocenters. The molecule has 1 aliphatic rings. The van der Waals surface area contributed by atoms with Crippen LogP contribution in [0.4, 0.5) is 0 Å². The summed E-state index contributed by atoms with van der Waals surface area (Å²) in [6, 6.07) is 17.5. The van der Waals surface area contributed by atoms with Crippen LogP contribution < -0.4 is 5.56 Å². The van der Waals surface area contributed by atoms with Gasteiger partial charge in [0.25, 0.3) is 11.5 Å². The maximum atomic E-state index is 13.5. The van der Waals surface area contributed by atoms with E-state index in [1.165, 1.54) is 4.68 Å². The lowest BCUT2D eigenvalue weighted by atomic mass is 10.1. The fourth-order valence-corrected chi connectivity index (χ4v) is 5.26. The van der Waals surface area contributed by atoms with E-state index in [-0.39, 0.29) is 17.4 Å². The fourth-order valence-electron chi connectivity index (χ4n) is 4.44. The molecule has 35 heavy (non-hydrogen) atoms. The molecular formula is C27H29N5O2S. The van der Waals surface area contributed by atoms with E-state index in [0.29, 0.717) is 36.1 Å². The Labute approximate surface area is 208 Å². The zero-order valence-electron chi connectivity index (χ0n) is 20.1. The van der Waals surface area contributed by atoms with E-state index >= 15 is 0 Å². The molecule has 0 spiro atoms. The average Bonchev–Trinajstić information content (AvgIpc) is 3.35. The fraction of sp³-hybridized carbons (Fsp3) is 0.333. The lowest BCUT2D eigenvalue weighted by Crippen LogP contribution is -2.48. The van der Waals surface area contributed by atoms with Gasteiger partial charge in [-0.2, -0.15) is 5.10 Å². The van der Waals surface area contributed by atoms with Gasteiger partial charge in [0.05, 0.1) is 11.1 Å². The van der Waals surface area contributed by atoms with Crippen LogP contribution in [0.2, 0.25) is 0 Å². The van der Waals surface area contributed by atoms with E-state index in [2.05, 4.69) is 27.5 Å². The average molecular weight is 488 g/mol. The monoisotopic (exact) mass is 487 g/mol. The van der Waals surface area contributed by atoms with Gasteiger partial charge >= 0.3 is 0 Å². The number of thiazole rings is 1. The number of carbonyl (C=O) groups is 1. The van der Waals surface area contributed by atoms with E-state index in [9.17, 15) is 9.59 Å². The predicted molar refractivity (Wildman–Crippen MR) is 140 cm³/mol. The number of carbonyl (C=O) groups excluding carboxylic acids is 1. The third-order valence-corrected chi connectivity index (χ3v) is 7.17. The number of aromatic nitrogens is 3. The third-order valence-electron chi connectivity index (χ3n) is 6.23. The molecule has 1 aliphatic heterocycles. The second kappa shape index (κ2) is 10.1. The predicted octanol–water partition coefficient (Wildman–Crippen LogP) is 4.13. The highest BCUT2D eigenvalue weighted by atomic mass is 32.1. The van der Waals surface area contributed by atoms with Crippen LogP contribution in [0.15, 0.2) is 64.8 Å². The molecule has 8 heteroatoms. The quantitative estimate of drug-likeness (QED) is 0.409. The van der Waals surface area contributed by atoms with Crippen molar-refractivity contribution in [2.24, 2.45) is 5.92 Å². The van der Waals surface area contributed by atoms with Crippen molar-refractivity contribution in [3.8, 4) is 10.6 Å². The number of rotatable bonds is 6. The molecule has 0 atom stereocenters. The largest absolute Gasteiger partial charge is 0.335 e. The van der Waals surface area contributed by atoms with Crippen molar-refractivity contribution >= 4 is 28.0 Å². The summed E-state index contributed by atoms with van der Waals surface area (Å²) in [7, 11) is 0. The Kier molecular flexibility index (Phi) is 6.74. The molecule has 0 aliphatic carbocycles. The van der Waals surface area contributed by atoms with Crippen LogP contribution in [0.5, 0.6) is 0 Å². The summed E-state index contributed by atoms with van der Waals surface area (Å²) in [4.78, 5) is 35.4. The lowest BCUT2D eigenvalue weighted by molar-refractivity contribution is 0.0621. The number of nitrogens with zero attached hydrogens (tertiary/aromatic N) is 5. The standard InChI is InChI=1S/C27H29N5O2S/c1-19(2)16-32-26(33)23-11-7-6-10-22(23)24(29-32)27(34)31-14-12-30(13-15-31)17-21-18-35-25(28-21)20-8-4-3-5-9-20/h3-11,18-19H,12-17H2,1-2H3. The van der Waals surface area contributed by atoms with Crippen molar-refractivity contribution in [2.45, 2.75) is 26.9 Å². The molecule has 3 heterocycles. The maximum Gasteiger partial charge on any atom is 0.275 e. The summed E-state index contributed by atoms with van der Waals surface area (Å²) in [6.07, 6.45) is 0. The van der Waals surface area contributed by atoms with E-state index in [4.69, 9.17) is 4.98 Å². The van der Waals surface area contributed by atoms with Gasteiger partial charge in [-0.25, -0.2) is 9.67 Å².